The third-order valence-corrected chi connectivity index (χ3v) is 5.64. The van der Waals surface area contributed by atoms with E-state index in [1.165, 1.54) is 19.9 Å². The fraction of sp³-hybridized carbons (Fsp3) is 0.600. The molecular formula is C15H24N2O2S. The molecular weight excluding hydrogens is 272 g/mol. The molecule has 1 fully saturated rings. The molecule has 0 spiro atoms. The Hall–Kier alpha value is -1.07. The summed E-state index contributed by atoms with van der Waals surface area (Å²) in [7, 11) is -1.94. The maximum atomic E-state index is 11.8. The fourth-order valence-corrected chi connectivity index (χ4v) is 3.59. The molecule has 0 amide bonds. The molecule has 3 unspecified atom stereocenters. The molecule has 1 saturated carbocycles. The number of benzene rings is 1. The van der Waals surface area contributed by atoms with Crippen LogP contribution in [0.2, 0.25) is 0 Å². The molecule has 5 heteroatoms. The molecule has 0 bridgehead atoms. The van der Waals surface area contributed by atoms with Crippen molar-refractivity contribution in [2.45, 2.75) is 44.0 Å². The van der Waals surface area contributed by atoms with Crippen molar-refractivity contribution >= 4 is 15.7 Å². The van der Waals surface area contributed by atoms with Crippen molar-refractivity contribution in [3.05, 3.63) is 24.3 Å². The summed E-state index contributed by atoms with van der Waals surface area (Å²) < 4.78 is 26.0. The van der Waals surface area contributed by atoms with E-state index in [0.717, 1.165) is 18.0 Å². The molecule has 4 nitrogen and oxygen atoms in total. The zero-order valence-electron chi connectivity index (χ0n) is 12.4. The Bertz CT molecular complexity index is 557. The molecule has 2 rings (SSSR count). The Labute approximate surface area is 122 Å². The monoisotopic (exact) mass is 296 g/mol. The highest BCUT2D eigenvalue weighted by Gasteiger charge is 2.25. The Morgan fingerprint density at radius 3 is 2.65 bits per heavy atom. The van der Waals surface area contributed by atoms with Gasteiger partial charge in [-0.25, -0.2) is 13.1 Å². The summed E-state index contributed by atoms with van der Waals surface area (Å²) in [5.74, 6) is 1.35. The summed E-state index contributed by atoms with van der Waals surface area (Å²) in [6, 6.07) is 7.46. The predicted molar refractivity (Wildman–Crippen MR) is 82.3 cm³/mol. The van der Waals surface area contributed by atoms with E-state index in [4.69, 9.17) is 0 Å². The van der Waals surface area contributed by atoms with E-state index < -0.39 is 10.0 Å². The number of hydrogen-bond acceptors (Lipinski definition) is 3. The zero-order chi connectivity index (χ0) is 14.8. The first-order valence-corrected chi connectivity index (χ1v) is 8.71. The lowest BCUT2D eigenvalue weighted by Gasteiger charge is -2.34. The van der Waals surface area contributed by atoms with Gasteiger partial charge >= 0.3 is 0 Å². The molecule has 1 aromatic rings. The maximum absolute atomic E-state index is 11.8. The highest BCUT2D eigenvalue weighted by atomic mass is 32.2. The van der Waals surface area contributed by atoms with Crippen molar-refractivity contribution in [1.82, 2.24) is 4.72 Å². The standard InChI is InChI=1S/C15H24N2O2S/c1-11-7-8-12(2)15(9-11)17-13-5-4-6-14(10-13)20(18,19)16-3/h4-6,10-12,15-17H,7-9H2,1-3H3. The van der Waals surface area contributed by atoms with Crippen LogP contribution in [0.1, 0.15) is 33.1 Å². The SMILES string of the molecule is CNS(=O)(=O)c1cccc(NC2CC(C)CCC2C)c1. The number of sulfonamides is 1. The van der Waals surface area contributed by atoms with Crippen LogP contribution in [-0.2, 0) is 10.0 Å². The zero-order valence-corrected chi connectivity index (χ0v) is 13.2. The van der Waals surface area contributed by atoms with Gasteiger partial charge in [-0.05, 0) is 49.9 Å². The van der Waals surface area contributed by atoms with Crippen LogP contribution < -0.4 is 10.0 Å². The van der Waals surface area contributed by atoms with Crippen molar-refractivity contribution in [2.24, 2.45) is 11.8 Å². The minimum atomic E-state index is -3.38. The van der Waals surface area contributed by atoms with Gasteiger partial charge in [-0.3, -0.25) is 0 Å². The van der Waals surface area contributed by atoms with Crippen LogP contribution in [0.3, 0.4) is 0 Å². The average Bonchev–Trinajstić information content (AvgIpc) is 2.43. The highest BCUT2D eigenvalue weighted by Crippen LogP contribution is 2.31. The molecule has 0 aliphatic heterocycles. The van der Waals surface area contributed by atoms with Crippen molar-refractivity contribution in [3.63, 3.8) is 0 Å². The van der Waals surface area contributed by atoms with Crippen molar-refractivity contribution in [3.8, 4) is 0 Å². The van der Waals surface area contributed by atoms with Gasteiger partial charge < -0.3 is 5.32 Å². The Morgan fingerprint density at radius 1 is 1.20 bits per heavy atom. The number of anilines is 1. The van der Waals surface area contributed by atoms with Gasteiger partial charge in [0.15, 0.2) is 0 Å². The first kappa shape index (κ1) is 15.3. The van der Waals surface area contributed by atoms with Gasteiger partial charge in [0.2, 0.25) is 10.0 Å². The molecule has 0 saturated heterocycles. The first-order valence-electron chi connectivity index (χ1n) is 7.22. The van der Waals surface area contributed by atoms with E-state index in [1.54, 1.807) is 18.2 Å². The van der Waals surface area contributed by atoms with Crippen LogP contribution in [0.4, 0.5) is 5.69 Å². The Balaban J connectivity index is 2.16. The minimum Gasteiger partial charge on any atom is -0.382 e. The van der Waals surface area contributed by atoms with Crippen LogP contribution >= 0.6 is 0 Å². The van der Waals surface area contributed by atoms with Gasteiger partial charge in [-0.1, -0.05) is 26.3 Å². The summed E-state index contributed by atoms with van der Waals surface area (Å²) in [5.41, 5.74) is 0.882. The molecule has 3 atom stereocenters. The van der Waals surface area contributed by atoms with Crippen molar-refractivity contribution in [2.75, 3.05) is 12.4 Å². The predicted octanol–water partition coefficient (Wildman–Crippen LogP) is 2.83. The van der Waals surface area contributed by atoms with Crippen LogP contribution in [0.15, 0.2) is 29.2 Å². The molecule has 1 aliphatic rings. The number of hydrogen-bond donors (Lipinski definition) is 2. The van der Waals surface area contributed by atoms with E-state index in [0.29, 0.717) is 16.9 Å². The summed E-state index contributed by atoms with van der Waals surface area (Å²) in [6.45, 7) is 4.54. The molecule has 1 aromatic carbocycles. The lowest BCUT2D eigenvalue weighted by Crippen LogP contribution is -2.33. The number of nitrogens with one attached hydrogen (secondary N) is 2. The van der Waals surface area contributed by atoms with Gasteiger partial charge in [-0.2, -0.15) is 0 Å². The molecule has 20 heavy (non-hydrogen) atoms. The van der Waals surface area contributed by atoms with Crippen molar-refractivity contribution in [1.29, 1.82) is 0 Å². The smallest absolute Gasteiger partial charge is 0.240 e. The second-order valence-electron chi connectivity index (χ2n) is 5.88. The lowest BCUT2D eigenvalue weighted by molar-refractivity contribution is 0.280. The normalized spacial score (nSPS) is 27.2. The average molecular weight is 296 g/mol. The molecule has 0 radical (unpaired) electrons. The first-order chi connectivity index (χ1) is 9.42. The van der Waals surface area contributed by atoms with Gasteiger partial charge in [0.05, 0.1) is 4.90 Å². The summed E-state index contributed by atoms with van der Waals surface area (Å²) >= 11 is 0. The third-order valence-electron chi connectivity index (χ3n) is 4.22. The lowest BCUT2D eigenvalue weighted by atomic mass is 9.80. The summed E-state index contributed by atoms with van der Waals surface area (Å²) in [5, 5.41) is 3.51. The third kappa shape index (κ3) is 3.52. The topological polar surface area (TPSA) is 58.2 Å². The molecule has 1 aliphatic carbocycles. The van der Waals surface area contributed by atoms with Gasteiger partial charge in [0, 0.05) is 11.7 Å². The molecule has 112 valence electrons. The summed E-state index contributed by atoms with van der Waals surface area (Å²) in [6.07, 6.45) is 3.66. The Kier molecular flexibility index (Phi) is 4.70. The maximum Gasteiger partial charge on any atom is 0.240 e. The highest BCUT2D eigenvalue weighted by molar-refractivity contribution is 7.89. The Morgan fingerprint density at radius 2 is 1.95 bits per heavy atom. The van der Waals surface area contributed by atoms with E-state index in [2.05, 4.69) is 23.9 Å². The van der Waals surface area contributed by atoms with E-state index in [-0.39, 0.29) is 0 Å². The molecule has 0 aromatic heterocycles. The minimum absolute atomic E-state index is 0.307. The van der Waals surface area contributed by atoms with Crippen LogP contribution in [-0.4, -0.2) is 21.5 Å². The largest absolute Gasteiger partial charge is 0.382 e. The van der Waals surface area contributed by atoms with Crippen LogP contribution in [0.5, 0.6) is 0 Å². The van der Waals surface area contributed by atoms with Gasteiger partial charge in [0.1, 0.15) is 0 Å². The molecule has 2 N–H and O–H groups in total. The van der Waals surface area contributed by atoms with Gasteiger partial charge in [0.25, 0.3) is 0 Å². The van der Waals surface area contributed by atoms with Crippen LogP contribution in [0, 0.1) is 11.8 Å². The van der Waals surface area contributed by atoms with Crippen molar-refractivity contribution < 1.29 is 8.42 Å². The number of rotatable bonds is 4. The van der Waals surface area contributed by atoms with Crippen LogP contribution in [0.25, 0.3) is 0 Å². The molecule has 0 heterocycles. The van der Waals surface area contributed by atoms with Gasteiger partial charge in [-0.15, -0.1) is 0 Å². The van der Waals surface area contributed by atoms with E-state index in [9.17, 15) is 8.42 Å². The van der Waals surface area contributed by atoms with E-state index in [1.807, 2.05) is 6.07 Å². The second kappa shape index (κ2) is 6.14. The summed E-state index contributed by atoms with van der Waals surface area (Å²) in [4.78, 5) is 0.307. The van der Waals surface area contributed by atoms with E-state index >= 15 is 0 Å². The fourth-order valence-electron chi connectivity index (χ4n) is 2.82. The quantitative estimate of drug-likeness (QED) is 0.898. The second-order valence-corrected chi connectivity index (χ2v) is 7.77.